The quantitative estimate of drug-likeness (QED) is 0.868. The van der Waals surface area contributed by atoms with E-state index in [4.69, 9.17) is 28.3 Å². The Hall–Kier alpha value is -1.20. The molecule has 0 radical (unpaired) electrons. The molecule has 0 bridgehead atoms. The molecular formula is C10H12Cl2N2O3. The van der Waals surface area contributed by atoms with Gasteiger partial charge in [-0.2, -0.15) is 0 Å². The fourth-order valence-electron chi connectivity index (χ4n) is 1.29. The summed E-state index contributed by atoms with van der Waals surface area (Å²) < 4.78 is 0. The van der Waals surface area contributed by atoms with Crippen LogP contribution in [0.4, 0.5) is 0 Å². The standard InChI is InChI=1S/C10H12Cl2N2O3/c1-14(4-2-3-8(15)16)10(17)7-5-6(11)9(12)13-7/h5,13H,2-4H2,1H3,(H,15,16). The second kappa shape index (κ2) is 5.93. The number of rotatable bonds is 5. The first-order chi connectivity index (χ1) is 7.91. The molecule has 0 aromatic carbocycles. The molecule has 0 unspecified atom stereocenters. The van der Waals surface area contributed by atoms with Gasteiger partial charge in [0.05, 0.1) is 5.02 Å². The van der Waals surface area contributed by atoms with Gasteiger partial charge < -0.3 is 15.0 Å². The van der Waals surface area contributed by atoms with E-state index in [9.17, 15) is 9.59 Å². The van der Waals surface area contributed by atoms with Gasteiger partial charge >= 0.3 is 5.97 Å². The van der Waals surface area contributed by atoms with Crippen LogP contribution < -0.4 is 0 Å². The number of carboxylic acids is 1. The van der Waals surface area contributed by atoms with E-state index < -0.39 is 5.97 Å². The number of nitrogens with zero attached hydrogens (tertiary/aromatic N) is 1. The van der Waals surface area contributed by atoms with E-state index in [0.29, 0.717) is 13.0 Å². The summed E-state index contributed by atoms with van der Waals surface area (Å²) in [6, 6.07) is 1.44. The molecular weight excluding hydrogens is 267 g/mol. The molecule has 1 amide bonds. The van der Waals surface area contributed by atoms with E-state index in [1.165, 1.54) is 11.0 Å². The minimum atomic E-state index is -0.878. The van der Waals surface area contributed by atoms with Crippen LogP contribution in [0.25, 0.3) is 0 Å². The Morgan fingerprint density at radius 2 is 2.12 bits per heavy atom. The van der Waals surface area contributed by atoms with Crippen molar-refractivity contribution in [3.63, 3.8) is 0 Å². The molecule has 0 atom stereocenters. The van der Waals surface area contributed by atoms with Crippen LogP contribution in [-0.2, 0) is 4.79 Å². The third-order valence-electron chi connectivity index (χ3n) is 2.19. The molecule has 2 N–H and O–H groups in total. The molecule has 5 nitrogen and oxygen atoms in total. The normalized spacial score (nSPS) is 10.3. The Labute approximate surface area is 108 Å². The summed E-state index contributed by atoms with van der Waals surface area (Å²) >= 11 is 11.4. The minimum absolute atomic E-state index is 0.0316. The molecule has 0 saturated heterocycles. The molecule has 1 aromatic rings. The molecule has 0 spiro atoms. The minimum Gasteiger partial charge on any atom is -0.481 e. The number of amides is 1. The lowest BCUT2D eigenvalue weighted by molar-refractivity contribution is -0.137. The van der Waals surface area contributed by atoms with Crippen molar-refractivity contribution in [3.8, 4) is 0 Å². The molecule has 1 heterocycles. The highest BCUT2D eigenvalue weighted by Crippen LogP contribution is 2.22. The Morgan fingerprint density at radius 1 is 1.47 bits per heavy atom. The highest BCUT2D eigenvalue weighted by Gasteiger charge is 2.15. The summed E-state index contributed by atoms with van der Waals surface area (Å²) in [5.41, 5.74) is 0.290. The number of hydrogen-bond acceptors (Lipinski definition) is 2. The van der Waals surface area contributed by atoms with Gasteiger partial charge in [-0.1, -0.05) is 23.2 Å². The molecule has 0 saturated carbocycles. The lowest BCUT2D eigenvalue weighted by atomic mass is 10.3. The van der Waals surface area contributed by atoms with Crippen LogP contribution >= 0.6 is 23.2 Å². The summed E-state index contributed by atoms with van der Waals surface area (Å²) in [6.45, 7) is 0.361. The third-order valence-corrected chi connectivity index (χ3v) is 2.88. The van der Waals surface area contributed by atoms with Crippen molar-refractivity contribution in [1.29, 1.82) is 0 Å². The highest BCUT2D eigenvalue weighted by atomic mass is 35.5. The molecule has 0 aliphatic heterocycles. The average molecular weight is 279 g/mol. The number of nitrogens with one attached hydrogen (secondary N) is 1. The molecule has 0 aliphatic rings. The first-order valence-electron chi connectivity index (χ1n) is 4.93. The van der Waals surface area contributed by atoms with Crippen LogP contribution in [-0.4, -0.2) is 40.5 Å². The predicted molar refractivity (Wildman–Crippen MR) is 64.6 cm³/mol. The third kappa shape index (κ3) is 3.94. The SMILES string of the molecule is CN(CCCC(=O)O)C(=O)c1cc(Cl)c(Cl)[nH]1. The van der Waals surface area contributed by atoms with Gasteiger partial charge in [-0.15, -0.1) is 0 Å². The largest absolute Gasteiger partial charge is 0.481 e. The summed E-state index contributed by atoms with van der Waals surface area (Å²) in [4.78, 5) is 26.2. The zero-order valence-electron chi connectivity index (χ0n) is 9.17. The van der Waals surface area contributed by atoms with E-state index >= 15 is 0 Å². The molecule has 0 fully saturated rings. The number of H-pyrrole nitrogens is 1. The maximum atomic E-state index is 11.8. The van der Waals surface area contributed by atoms with Gasteiger partial charge in [-0.25, -0.2) is 0 Å². The van der Waals surface area contributed by atoms with Crippen LogP contribution in [0.1, 0.15) is 23.3 Å². The molecule has 0 aliphatic carbocycles. The zero-order chi connectivity index (χ0) is 13.0. The fraction of sp³-hybridized carbons (Fsp3) is 0.400. The maximum Gasteiger partial charge on any atom is 0.303 e. The Bertz CT molecular complexity index is 412. The molecule has 7 heteroatoms. The monoisotopic (exact) mass is 278 g/mol. The summed E-state index contributed by atoms with van der Waals surface area (Å²) in [5, 5.41) is 8.98. The summed E-state index contributed by atoms with van der Waals surface area (Å²) in [6.07, 6.45) is 0.434. The lowest BCUT2D eigenvalue weighted by Crippen LogP contribution is -2.28. The maximum absolute atomic E-state index is 11.8. The number of aromatic nitrogens is 1. The van der Waals surface area contributed by atoms with Crippen molar-refractivity contribution >= 4 is 35.1 Å². The lowest BCUT2D eigenvalue weighted by Gasteiger charge is -2.15. The van der Waals surface area contributed by atoms with E-state index in [2.05, 4.69) is 4.98 Å². The number of carboxylic acid groups (broad SMARTS) is 1. The van der Waals surface area contributed by atoms with E-state index in [1.807, 2.05) is 0 Å². The average Bonchev–Trinajstić information content (AvgIpc) is 2.57. The highest BCUT2D eigenvalue weighted by molar-refractivity contribution is 6.41. The van der Waals surface area contributed by atoms with Crippen molar-refractivity contribution in [3.05, 3.63) is 21.9 Å². The van der Waals surface area contributed by atoms with Gasteiger partial charge in [0.1, 0.15) is 10.8 Å². The van der Waals surface area contributed by atoms with Crippen LogP contribution in [0.15, 0.2) is 6.07 Å². The Balaban J connectivity index is 2.54. The topological polar surface area (TPSA) is 73.4 Å². The zero-order valence-corrected chi connectivity index (χ0v) is 10.7. The van der Waals surface area contributed by atoms with Crippen molar-refractivity contribution in [2.45, 2.75) is 12.8 Å². The van der Waals surface area contributed by atoms with Gasteiger partial charge in [-0.05, 0) is 12.5 Å². The summed E-state index contributed by atoms with van der Waals surface area (Å²) in [7, 11) is 1.59. The number of carbonyl (C=O) groups is 2. The number of hydrogen-bond donors (Lipinski definition) is 2. The number of aliphatic carboxylic acids is 1. The van der Waals surface area contributed by atoms with Gasteiger partial charge in [-0.3, -0.25) is 9.59 Å². The number of halogens is 2. The van der Waals surface area contributed by atoms with Gasteiger partial charge in [0, 0.05) is 20.0 Å². The first kappa shape index (κ1) is 13.9. The van der Waals surface area contributed by atoms with Crippen LogP contribution in [0.3, 0.4) is 0 Å². The van der Waals surface area contributed by atoms with E-state index in [1.54, 1.807) is 7.05 Å². The van der Waals surface area contributed by atoms with E-state index in [0.717, 1.165) is 0 Å². The van der Waals surface area contributed by atoms with Crippen molar-refractivity contribution in [1.82, 2.24) is 9.88 Å². The summed E-state index contributed by atoms with van der Waals surface area (Å²) in [5.74, 6) is -1.15. The Morgan fingerprint density at radius 3 is 2.59 bits per heavy atom. The van der Waals surface area contributed by atoms with Gasteiger partial charge in [0.15, 0.2) is 0 Å². The van der Waals surface area contributed by atoms with E-state index in [-0.39, 0.29) is 28.2 Å². The smallest absolute Gasteiger partial charge is 0.303 e. The Kier molecular flexibility index (Phi) is 4.84. The number of carbonyl (C=O) groups excluding carboxylic acids is 1. The van der Waals surface area contributed by atoms with Crippen LogP contribution in [0.2, 0.25) is 10.2 Å². The molecule has 17 heavy (non-hydrogen) atoms. The van der Waals surface area contributed by atoms with Crippen molar-refractivity contribution < 1.29 is 14.7 Å². The predicted octanol–water partition coefficient (Wildman–Crippen LogP) is 2.26. The second-order valence-corrected chi connectivity index (χ2v) is 4.35. The van der Waals surface area contributed by atoms with Crippen LogP contribution in [0, 0.1) is 0 Å². The van der Waals surface area contributed by atoms with Crippen molar-refractivity contribution in [2.24, 2.45) is 0 Å². The van der Waals surface area contributed by atoms with Crippen LogP contribution in [0.5, 0.6) is 0 Å². The molecule has 1 aromatic heterocycles. The molecule has 1 rings (SSSR count). The van der Waals surface area contributed by atoms with Gasteiger partial charge in [0.25, 0.3) is 5.91 Å². The van der Waals surface area contributed by atoms with Crippen molar-refractivity contribution in [2.75, 3.05) is 13.6 Å². The molecule has 94 valence electrons. The fourth-order valence-corrected chi connectivity index (χ4v) is 1.61. The van der Waals surface area contributed by atoms with Gasteiger partial charge in [0.2, 0.25) is 0 Å². The first-order valence-corrected chi connectivity index (χ1v) is 5.68. The number of aromatic amines is 1. The second-order valence-electron chi connectivity index (χ2n) is 3.57.